The maximum atomic E-state index is 12.9. The van der Waals surface area contributed by atoms with E-state index in [2.05, 4.69) is 0 Å². The molecule has 0 atom stereocenters. The number of nitro benzene ring substituents is 1. The molecule has 2 heterocycles. The van der Waals surface area contributed by atoms with E-state index in [-0.39, 0.29) is 11.1 Å². The smallest absolute Gasteiger partial charge is 0.348 e. The van der Waals surface area contributed by atoms with E-state index in [0.717, 1.165) is 5.56 Å². The lowest BCUT2D eigenvalue weighted by Gasteiger charge is -2.03. The van der Waals surface area contributed by atoms with Crippen LogP contribution in [0.1, 0.15) is 0 Å². The summed E-state index contributed by atoms with van der Waals surface area (Å²) in [6.07, 6.45) is 0. The number of furan rings is 1. The molecule has 0 fully saturated rings. The monoisotopic (exact) mass is 383 g/mol. The van der Waals surface area contributed by atoms with Crippen LogP contribution in [0.25, 0.3) is 44.4 Å². The van der Waals surface area contributed by atoms with E-state index in [0.29, 0.717) is 33.4 Å². The van der Waals surface area contributed by atoms with Crippen molar-refractivity contribution in [3.05, 3.63) is 99.4 Å². The Balaban J connectivity index is 1.95. The number of benzene rings is 3. The molecule has 5 aromatic rings. The van der Waals surface area contributed by atoms with Gasteiger partial charge in [-0.2, -0.15) is 0 Å². The second-order valence-corrected chi connectivity index (χ2v) is 6.57. The van der Waals surface area contributed by atoms with Gasteiger partial charge in [-0.1, -0.05) is 54.6 Å². The second kappa shape index (κ2) is 6.45. The van der Waals surface area contributed by atoms with Crippen LogP contribution >= 0.6 is 0 Å². The number of nitrogens with zero attached hydrogens (tertiary/aromatic N) is 1. The third-order valence-electron chi connectivity index (χ3n) is 4.83. The Bertz CT molecular complexity index is 1450. The molecule has 0 N–H and O–H groups in total. The number of hydrogen-bond acceptors (Lipinski definition) is 5. The first kappa shape index (κ1) is 16.9. The first-order chi connectivity index (χ1) is 14.1. The molecule has 0 aliphatic heterocycles. The number of hydrogen-bond donors (Lipinski definition) is 0. The van der Waals surface area contributed by atoms with Gasteiger partial charge in [0.15, 0.2) is 5.58 Å². The number of nitro groups is 1. The van der Waals surface area contributed by atoms with Crippen LogP contribution in [-0.2, 0) is 0 Å². The average molecular weight is 383 g/mol. The molecule has 0 aliphatic carbocycles. The van der Waals surface area contributed by atoms with E-state index in [1.807, 2.05) is 42.5 Å². The zero-order valence-electron chi connectivity index (χ0n) is 15.0. The van der Waals surface area contributed by atoms with E-state index >= 15 is 0 Å². The fourth-order valence-electron chi connectivity index (χ4n) is 3.55. The van der Waals surface area contributed by atoms with E-state index in [9.17, 15) is 14.9 Å². The van der Waals surface area contributed by atoms with Crippen LogP contribution < -0.4 is 5.63 Å². The van der Waals surface area contributed by atoms with Gasteiger partial charge in [-0.25, -0.2) is 4.79 Å². The van der Waals surface area contributed by atoms with Crippen molar-refractivity contribution in [1.29, 1.82) is 0 Å². The summed E-state index contributed by atoms with van der Waals surface area (Å²) in [6.45, 7) is 0. The van der Waals surface area contributed by atoms with Crippen molar-refractivity contribution in [1.82, 2.24) is 0 Å². The van der Waals surface area contributed by atoms with Crippen molar-refractivity contribution >= 4 is 27.6 Å². The van der Waals surface area contributed by atoms with Crippen LogP contribution in [0.15, 0.2) is 92.5 Å². The van der Waals surface area contributed by atoms with Crippen molar-refractivity contribution < 1.29 is 13.8 Å². The fraction of sp³-hybridized carbons (Fsp3) is 0. The summed E-state index contributed by atoms with van der Waals surface area (Å²) in [4.78, 5) is 23.7. The molecule has 6 nitrogen and oxygen atoms in total. The normalized spacial score (nSPS) is 11.2. The van der Waals surface area contributed by atoms with Crippen molar-refractivity contribution in [3.8, 4) is 22.5 Å². The first-order valence-corrected chi connectivity index (χ1v) is 8.92. The number of para-hydroxylation sites is 1. The third-order valence-corrected chi connectivity index (χ3v) is 4.83. The lowest BCUT2D eigenvalue weighted by molar-refractivity contribution is -0.384. The van der Waals surface area contributed by atoms with E-state index < -0.39 is 10.5 Å². The molecule has 0 saturated heterocycles. The zero-order valence-corrected chi connectivity index (χ0v) is 15.0. The van der Waals surface area contributed by atoms with E-state index in [4.69, 9.17) is 8.83 Å². The molecule has 3 aromatic carbocycles. The van der Waals surface area contributed by atoms with Gasteiger partial charge in [-0.3, -0.25) is 10.1 Å². The predicted molar refractivity (Wildman–Crippen MR) is 110 cm³/mol. The van der Waals surface area contributed by atoms with Gasteiger partial charge >= 0.3 is 5.63 Å². The molecule has 0 bridgehead atoms. The summed E-state index contributed by atoms with van der Waals surface area (Å²) in [6, 6.07) is 22.6. The highest BCUT2D eigenvalue weighted by atomic mass is 16.6. The minimum atomic E-state index is -0.550. The largest absolute Gasteiger partial charge is 0.454 e. The van der Waals surface area contributed by atoms with Crippen LogP contribution in [-0.4, -0.2) is 4.92 Å². The second-order valence-electron chi connectivity index (χ2n) is 6.57. The summed E-state index contributed by atoms with van der Waals surface area (Å²) < 4.78 is 11.7. The molecule has 0 amide bonds. The Labute approximate surface area is 163 Å². The average Bonchev–Trinajstić information content (AvgIpc) is 3.16. The van der Waals surface area contributed by atoms with Crippen LogP contribution in [0, 0.1) is 10.1 Å². The van der Waals surface area contributed by atoms with Crippen molar-refractivity contribution in [2.45, 2.75) is 0 Å². The Morgan fingerprint density at radius 1 is 0.793 bits per heavy atom. The van der Waals surface area contributed by atoms with Gasteiger partial charge in [-0.15, -0.1) is 0 Å². The molecule has 0 unspecified atom stereocenters. The molecular weight excluding hydrogens is 370 g/mol. The van der Waals surface area contributed by atoms with Gasteiger partial charge in [0, 0.05) is 23.3 Å². The minimum absolute atomic E-state index is 0.0685. The maximum Gasteiger partial charge on any atom is 0.348 e. The molecule has 5 rings (SSSR count). The molecule has 2 aromatic heterocycles. The maximum absolute atomic E-state index is 12.9. The molecule has 0 aliphatic rings. The summed E-state index contributed by atoms with van der Waals surface area (Å²) in [7, 11) is 0. The van der Waals surface area contributed by atoms with Crippen LogP contribution in [0.5, 0.6) is 0 Å². The van der Waals surface area contributed by atoms with Crippen molar-refractivity contribution in [3.63, 3.8) is 0 Å². The van der Waals surface area contributed by atoms with Crippen LogP contribution in [0.2, 0.25) is 0 Å². The van der Waals surface area contributed by atoms with Gasteiger partial charge in [0.2, 0.25) is 0 Å². The highest BCUT2D eigenvalue weighted by molar-refractivity contribution is 6.10. The summed E-state index contributed by atoms with van der Waals surface area (Å²) in [5.74, 6) is 0.463. The molecule has 0 saturated carbocycles. The first-order valence-electron chi connectivity index (χ1n) is 8.92. The molecule has 6 heteroatoms. The topological polar surface area (TPSA) is 86.5 Å². The molecular formula is C23H13NO5. The zero-order chi connectivity index (χ0) is 20.0. The molecule has 0 spiro atoms. The Morgan fingerprint density at radius 2 is 1.52 bits per heavy atom. The predicted octanol–water partition coefficient (Wildman–Crippen LogP) is 5.78. The van der Waals surface area contributed by atoms with Crippen molar-refractivity contribution in [2.75, 3.05) is 0 Å². The Hall–Kier alpha value is -4.19. The number of rotatable bonds is 3. The fourth-order valence-corrected chi connectivity index (χ4v) is 3.55. The third kappa shape index (κ3) is 2.70. The number of fused-ring (bicyclic) bond motifs is 3. The SMILES string of the molecule is O=c1oc2ccccc2c2oc(-c3ccccc3)c(-c3cccc([N+](=O)[O-])c3)c12. The van der Waals surface area contributed by atoms with Gasteiger partial charge in [0.1, 0.15) is 16.7 Å². The Morgan fingerprint density at radius 3 is 2.31 bits per heavy atom. The molecule has 140 valence electrons. The number of non-ortho nitro benzene ring substituents is 1. The van der Waals surface area contributed by atoms with E-state index in [1.165, 1.54) is 12.1 Å². The molecule has 29 heavy (non-hydrogen) atoms. The van der Waals surface area contributed by atoms with Crippen LogP contribution in [0.3, 0.4) is 0 Å². The quantitative estimate of drug-likeness (QED) is 0.224. The Kier molecular flexibility index (Phi) is 3.77. The van der Waals surface area contributed by atoms with Gasteiger partial charge < -0.3 is 8.83 Å². The summed E-state index contributed by atoms with van der Waals surface area (Å²) in [5.41, 5.74) is 1.95. The van der Waals surface area contributed by atoms with Crippen LogP contribution in [0.4, 0.5) is 5.69 Å². The van der Waals surface area contributed by atoms with Gasteiger partial charge in [0.25, 0.3) is 5.69 Å². The summed E-state index contributed by atoms with van der Waals surface area (Å²) >= 11 is 0. The van der Waals surface area contributed by atoms with E-state index in [1.54, 1.807) is 24.3 Å². The van der Waals surface area contributed by atoms with Gasteiger partial charge in [-0.05, 0) is 17.7 Å². The lowest BCUT2D eigenvalue weighted by atomic mass is 9.98. The van der Waals surface area contributed by atoms with Gasteiger partial charge in [0.05, 0.1) is 10.3 Å². The summed E-state index contributed by atoms with van der Waals surface area (Å²) in [5, 5.41) is 12.2. The highest BCUT2D eigenvalue weighted by Crippen LogP contribution is 2.42. The highest BCUT2D eigenvalue weighted by Gasteiger charge is 2.24. The van der Waals surface area contributed by atoms with Crippen molar-refractivity contribution in [2.24, 2.45) is 0 Å². The standard InChI is InChI=1S/C23H13NO5/c25-23-20-19(15-9-6-10-16(13-15)24(26)27)21(14-7-2-1-3-8-14)29-22(20)17-11-4-5-12-18(17)28-23/h1-13H. The lowest BCUT2D eigenvalue weighted by Crippen LogP contribution is -1.99. The molecule has 0 radical (unpaired) electrons. The minimum Gasteiger partial charge on any atom is -0.454 e.